The first kappa shape index (κ1) is 34.1. The van der Waals surface area contributed by atoms with Crippen LogP contribution in [0.25, 0.3) is 22.0 Å². The van der Waals surface area contributed by atoms with E-state index >= 15 is 0 Å². The molecule has 3 aromatic carbocycles. The van der Waals surface area contributed by atoms with Crippen LogP contribution in [0.1, 0.15) is 33.2 Å². The van der Waals surface area contributed by atoms with E-state index in [2.05, 4.69) is 5.32 Å². The zero-order valence-electron chi connectivity index (χ0n) is 22.7. The van der Waals surface area contributed by atoms with E-state index in [-0.39, 0.29) is 105 Å². The minimum Gasteiger partial charge on any atom is -0.744 e. The van der Waals surface area contributed by atoms with E-state index in [1.54, 1.807) is 25.1 Å². The van der Waals surface area contributed by atoms with Crippen molar-refractivity contribution >= 4 is 54.3 Å². The molecular weight excluding hydrogens is 610 g/mol. The minimum absolute atomic E-state index is 0. The van der Waals surface area contributed by atoms with Gasteiger partial charge in [-0.2, -0.15) is 0 Å². The van der Waals surface area contributed by atoms with Crippen molar-refractivity contribution < 1.29 is 99.4 Å². The van der Waals surface area contributed by atoms with Gasteiger partial charge in [0.1, 0.15) is 25.8 Å². The molecule has 206 valence electrons. The third-order valence-electron chi connectivity index (χ3n) is 6.49. The number of carbonyl (C=O) groups excluding carboxylic acids is 2. The van der Waals surface area contributed by atoms with Crippen LogP contribution >= 0.6 is 0 Å². The Bertz CT molecular complexity index is 2080. The monoisotopic (exact) mass is 628 g/mol. The summed E-state index contributed by atoms with van der Waals surface area (Å²) in [5.41, 5.74) is -0.526. The quantitative estimate of drug-likeness (QED) is 0.111. The number of fused-ring (bicyclic) bond motifs is 2. The Hall–Kier alpha value is -2.37. The van der Waals surface area contributed by atoms with Crippen molar-refractivity contribution in [2.45, 2.75) is 16.7 Å². The van der Waals surface area contributed by atoms with Crippen molar-refractivity contribution in [1.29, 1.82) is 0 Å². The Balaban J connectivity index is 0.00000242. The largest absolute Gasteiger partial charge is 1.00 e. The fourth-order valence-electron chi connectivity index (χ4n) is 4.78. The number of hydrogen-bond donors (Lipinski definition) is 1. The Morgan fingerprint density at radius 1 is 0.881 bits per heavy atom. The van der Waals surface area contributed by atoms with E-state index in [0.29, 0.717) is 11.6 Å². The molecule has 0 atom stereocenters. The molecule has 12 nitrogen and oxygen atoms in total. The van der Waals surface area contributed by atoms with Crippen LogP contribution in [-0.2, 0) is 32.0 Å². The Morgan fingerprint density at radius 3 is 2.10 bits per heavy atom. The van der Waals surface area contributed by atoms with Crippen LogP contribution in [0.3, 0.4) is 0 Å². The number of anilines is 2. The average Bonchev–Trinajstić information content (AvgIpc) is 2.88. The molecule has 42 heavy (non-hydrogen) atoms. The number of rotatable bonds is 6. The second-order valence-corrected chi connectivity index (χ2v) is 11.5. The molecule has 0 saturated heterocycles. The van der Waals surface area contributed by atoms with Gasteiger partial charge in [-0.25, -0.2) is 21.6 Å². The topological polar surface area (TPSA) is 192 Å². The number of aromatic nitrogens is 1. The first-order valence-corrected chi connectivity index (χ1v) is 14.4. The summed E-state index contributed by atoms with van der Waals surface area (Å²) in [6, 6.07) is 11.3. The van der Waals surface area contributed by atoms with Gasteiger partial charge in [0.2, 0.25) is 0 Å². The first-order valence-electron chi connectivity index (χ1n) is 11.6. The molecular formula is C26H18N2Na2O10S2. The molecule has 16 heteroatoms. The van der Waals surface area contributed by atoms with E-state index in [4.69, 9.17) is 4.74 Å². The van der Waals surface area contributed by atoms with Crippen LogP contribution in [0.15, 0.2) is 69.2 Å². The van der Waals surface area contributed by atoms with E-state index in [9.17, 15) is 40.3 Å². The summed E-state index contributed by atoms with van der Waals surface area (Å²) in [5, 5.41) is 2.90. The Morgan fingerprint density at radius 2 is 1.50 bits per heavy atom. The summed E-state index contributed by atoms with van der Waals surface area (Å²) in [7, 11) is -8.98. The summed E-state index contributed by atoms with van der Waals surface area (Å²) in [4.78, 5) is 38.2. The molecule has 0 saturated carbocycles. The number of esters is 1. The number of nitrogens with zero attached hydrogens (tertiary/aromatic N) is 1. The molecule has 1 aliphatic rings. The second-order valence-electron chi connectivity index (χ2n) is 8.78. The first-order chi connectivity index (χ1) is 18.8. The van der Waals surface area contributed by atoms with E-state index in [0.717, 1.165) is 12.1 Å². The third kappa shape index (κ3) is 5.76. The maximum Gasteiger partial charge on any atom is 1.00 e. The van der Waals surface area contributed by atoms with Gasteiger partial charge in [0.15, 0.2) is 5.78 Å². The number of benzene rings is 3. The smallest absolute Gasteiger partial charge is 0.744 e. The van der Waals surface area contributed by atoms with Gasteiger partial charge in [-0.05, 0) is 42.8 Å². The average molecular weight is 629 g/mol. The number of hydrogen-bond acceptors (Lipinski definition) is 11. The van der Waals surface area contributed by atoms with Crippen LogP contribution < -0.4 is 70.0 Å². The van der Waals surface area contributed by atoms with Crippen molar-refractivity contribution in [3.63, 3.8) is 0 Å². The van der Waals surface area contributed by atoms with Gasteiger partial charge in [-0.3, -0.25) is 9.59 Å². The number of aryl methyl sites for hydroxylation is 1. The van der Waals surface area contributed by atoms with E-state index in [1.807, 2.05) is 0 Å². The van der Waals surface area contributed by atoms with Crippen LogP contribution in [0.4, 0.5) is 11.4 Å². The van der Waals surface area contributed by atoms with Crippen LogP contribution in [0.5, 0.6) is 0 Å². The zero-order valence-corrected chi connectivity index (χ0v) is 28.4. The number of carbonyl (C=O) groups is 2. The molecule has 0 aliphatic heterocycles. The number of ether oxygens (including phenoxy) is 1. The molecule has 0 radical (unpaired) electrons. The molecule has 0 fully saturated rings. The van der Waals surface area contributed by atoms with Gasteiger partial charge in [0.05, 0.1) is 38.9 Å². The summed E-state index contributed by atoms with van der Waals surface area (Å²) in [5.74, 6) is -1.43. The van der Waals surface area contributed by atoms with Gasteiger partial charge in [0, 0.05) is 23.6 Å². The summed E-state index contributed by atoms with van der Waals surface area (Å²) in [6.07, 6.45) is 0. The number of pyridine rings is 1. The minimum atomic E-state index is -5.30. The van der Waals surface area contributed by atoms with Crippen molar-refractivity contribution in [2.75, 3.05) is 11.9 Å². The van der Waals surface area contributed by atoms with Crippen molar-refractivity contribution in [1.82, 2.24) is 4.57 Å². The van der Waals surface area contributed by atoms with Crippen molar-refractivity contribution in [3.05, 3.63) is 81.6 Å². The zero-order chi connectivity index (χ0) is 29.1. The normalized spacial score (nSPS) is 12.1. The second kappa shape index (κ2) is 12.3. The van der Waals surface area contributed by atoms with Gasteiger partial charge < -0.3 is 23.7 Å². The fourth-order valence-corrected chi connectivity index (χ4v) is 6.01. The van der Waals surface area contributed by atoms with Crippen molar-refractivity contribution in [3.8, 4) is 11.1 Å². The maximum atomic E-state index is 13.8. The van der Waals surface area contributed by atoms with Gasteiger partial charge in [-0.1, -0.05) is 24.3 Å². The molecule has 0 bridgehead atoms. The predicted octanol–water partition coefficient (Wildman–Crippen LogP) is -3.51. The van der Waals surface area contributed by atoms with Crippen LogP contribution in [0.2, 0.25) is 0 Å². The van der Waals surface area contributed by atoms with Gasteiger partial charge >= 0.3 is 65.1 Å². The van der Waals surface area contributed by atoms with Gasteiger partial charge in [0.25, 0.3) is 5.56 Å². The molecule has 1 N–H and O–H groups in total. The molecule has 1 heterocycles. The van der Waals surface area contributed by atoms with Gasteiger partial charge in [-0.15, -0.1) is 0 Å². The van der Waals surface area contributed by atoms with Crippen LogP contribution in [-0.4, -0.2) is 48.9 Å². The number of ketones is 1. The maximum absolute atomic E-state index is 13.8. The third-order valence-corrected chi connectivity index (χ3v) is 8.20. The Labute approximate surface area is 284 Å². The predicted molar refractivity (Wildman–Crippen MR) is 140 cm³/mol. The standard InChI is InChI=1S/C26H20N2O10S2.2Na/c1-3-38-26(31)23-20-14-6-4-5-7-15(14)24(29)21-17(10-11-18(22(20)21)28(2)25(23)30)27-16-9-8-13(39(32,33)34)12-19(16)40(35,36)37;;/h4-12,27H,3H2,1-2H3,(H,32,33,34)(H,35,36,37);;/q;2*+1/p-2. The van der Waals surface area contributed by atoms with E-state index < -0.39 is 53.0 Å². The summed E-state index contributed by atoms with van der Waals surface area (Å²) < 4.78 is 76.7. The molecule has 0 spiro atoms. The summed E-state index contributed by atoms with van der Waals surface area (Å²) >= 11 is 0. The SMILES string of the molecule is CCOC(=O)c1c2c3c(c(Nc4ccc(S(=O)(=O)[O-])cc4S(=O)(=O)[O-])ccc3n(C)c1=O)C(=O)c1ccccc1-2.[Na+].[Na+]. The molecule has 1 aromatic heterocycles. The molecule has 4 aromatic rings. The molecule has 1 aliphatic carbocycles. The molecule has 0 unspecified atom stereocenters. The molecule has 5 rings (SSSR count). The van der Waals surface area contributed by atoms with Crippen LogP contribution in [0, 0.1) is 0 Å². The molecule has 0 amide bonds. The van der Waals surface area contributed by atoms with Crippen molar-refractivity contribution in [2.24, 2.45) is 7.05 Å². The number of nitrogens with one attached hydrogen (secondary N) is 1. The Kier molecular flexibility index (Phi) is 10.0. The summed E-state index contributed by atoms with van der Waals surface area (Å²) in [6.45, 7) is 1.56. The fraction of sp³-hybridized carbons (Fsp3) is 0.115. The van der Waals surface area contributed by atoms with E-state index in [1.165, 1.54) is 29.8 Å².